The highest BCUT2D eigenvalue weighted by Crippen LogP contribution is 2.31. The van der Waals surface area contributed by atoms with Gasteiger partial charge in [-0.05, 0) is 49.7 Å². The first-order valence-corrected chi connectivity index (χ1v) is 12.9. The minimum absolute atomic E-state index is 0.0738. The van der Waals surface area contributed by atoms with Crippen molar-refractivity contribution in [1.29, 1.82) is 0 Å². The lowest BCUT2D eigenvalue weighted by atomic mass is 10.1. The molecule has 0 saturated heterocycles. The van der Waals surface area contributed by atoms with Gasteiger partial charge in [0.25, 0.3) is 0 Å². The van der Waals surface area contributed by atoms with E-state index in [1.54, 1.807) is 29.7 Å². The molecule has 1 N–H and O–H groups in total. The highest BCUT2D eigenvalue weighted by molar-refractivity contribution is 7.92. The van der Waals surface area contributed by atoms with Crippen LogP contribution in [0.15, 0.2) is 41.2 Å². The molecule has 1 aromatic heterocycles. The summed E-state index contributed by atoms with van der Waals surface area (Å²) in [4.78, 5) is 25.1. The Hall–Kier alpha value is -2.07. The molecule has 166 valence electrons. The van der Waals surface area contributed by atoms with Crippen LogP contribution in [0, 0.1) is 0 Å². The molecule has 0 aliphatic heterocycles. The number of hydrogen-bond acceptors (Lipinski definition) is 5. The first-order chi connectivity index (χ1) is 14.6. The zero-order valence-corrected chi connectivity index (χ0v) is 20.2. The van der Waals surface area contributed by atoms with Crippen LogP contribution >= 0.6 is 34.5 Å². The summed E-state index contributed by atoms with van der Waals surface area (Å²) in [5, 5.41) is 3.24. The zero-order valence-electron chi connectivity index (χ0n) is 17.1. The molecule has 0 fully saturated rings. The second kappa shape index (κ2) is 9.20. The smallest absolute Gasteiger partial charge is 0.308 e. The second-order valence-electron chi connectivity index (χ2n) is 6.87. The minimum Gasteiger partial charge on any atom is -0.324 e. The van der Waals surface area contributed by atoms with Crippen LogP contribution in [0.1, 0.15) is 20.3 Å². The molecule has 0 radical (unpaired) electrons. The van der Waals surface area contributed by atoms with E-state index in [4.69, 9.17) is 23.2 Å². The molecule has 31 heavy (non-hydrogen) atoms. The van der Waals surface area contributed by atoms with E-state index in [1.807, 2.05) is 6.92 Å². The summed E-state index contributed by atoms with van der Waals surface area (Å²) in [6.07, 6.45) is 1.25. The molecular formula is C20H21Cl2N3O4S2. The Balaban J connectivity index is 1.95. The normalized spacial score (nSPS) is 12.7. The summed E-state index contributed by atoms with van der Waals surface area (Å²) in [5.41, 5.74) is 1.51. The molecule has 1 heterocycles. The number of rotatable bonds is 7. The van der Waals surface area contributed by atoms with Gasteiger partial charge in [0, 0.05) is 12.2 Å². The topological polar surface area (TPSA) is 88.5 Å². The molecule has 0 aliphatic carbocycles. The predicted octanol–water partition coefficient (Wildman–Crippen LogP) is 4.57. The van der Waals surface area contributed by atoms with E-state index < -0.39 is 22.0 Å². The zero-order chi connectivity index (χ0) is 22.9. The largest absolute Gasteiger partial charge is 0.324 e. The fourth-order valence-electron chi connectivity index (χ4n) is 3.35. The van der Waals surface area contributed by atoms with Crippen molar-refractivity contribution in [2.45, 2.75) is 32.9 Å². The number of anilines is 2. The highest BCUT2D eigenvalue weighted by atomic mass is 35.5. The fourth-order valence-corrected chi connectivity index (χ4v) is 5.84. The van der Waals surface area contributed by atoms with Crippen molar-refractivity contribution in [3.63, 3.8) is 0 Å². The maximum absolute atomic E-state index is 13.1. The first-order valence-electron chi connectivity index (χ1n) is 9.45. The number of carbonyl (C=O) groups excluding carboxylic acids is 1. The molecule has 11 heteroatoms. The van der Waals surface area contributed by atoms with Crippen molar-refractivity contribution >= 4 is 72.1 Å². The summed E-state index contributed by atoms with van der Waals surface area (Å²) in [6.45, 7) is 4.16. The van der Waals surface area contributed by atoms with Gasteiger partial charge in [0.15, 0.2) is 0 Å². The number of nitrogens with zero attached hydrogens (tertiary/aromatic N) is 2. The van der Waals surface area contributed by atoms with Gasteiger partial charge in [-0.1, -0.05) is 41.5 Å². The van der Waals surface area contributed by atoms with E-state index in [-0.39, 0.29) is 27.0 Å². The van der Waals surface area contributed by atoms with E-state index in [2.05, 4.69) is 5.32 Å². The summed E-state index contributed by atoms with van der Waals surface area (Å²) in [7, 11) is -3.81. The number of carbonyl (C=O) groups is 1. The van der Waals surface area contributed by atoms with E-state index >= 15 is 0 Å². The fraction of sp³-hybridized carbons (Fsp3) is 0.300. The Morgan fingerprint density at radius 1 is 1.16 bits per heavy atom. The maximum Gasteiger partial charge on any atom is 0.308 e. The summed E-state index contributed by atoms with van der Waals surface area (Å²) >= 11 is 13.1. The van der Waals surface area contributed by atoms with Gasteiger partial charge < -0.3 is 5.32 Å². The summed E-state index contributed by atoms with van der Waals surface area (Å²) in [5.74, 6) is -0.499. The lowest BCUT2D eigenvalue weighted by Gasteiger charge is -2.30. The van der Waals surface area contributed by atoms with Crippen LogP contribution in [-0.4, -0.2) is 31.2 Å². The quantitative estimate of drug-likeness (QED) is 0.513. The van der Waals surface area contributed by atoms with Crippen LogP contribution in [0.4, 0.5) is 11.4 Å². The lowest BCUT2D eigenvalue weighted by molar-refractivity contribution is -0.117. The standard InChI is InChI=1S/C20H21Cl2N3O4S2/c1-4-16(25(31(3,28)29)13-7-8-14(21)15(22)11-13)19(26)23-12-6-9-17-18(10-12)30-20(27)24(17)5-2/h6-11,16H,4-5H2,1-3H3,(H,23,26)/t16-/m1/s1. The SMILES string of the molecule is CC[C@H](C(=O)Nc1ccc2c(c1)sc(=O)n2CC)N(c1ccc(Cl)c(Cl)c1)S(C)(=O)=O. The van der Waals surface area contributed by atoms with E-state index in [9.17, 15) is 18.0 Å². The van der Waals surface area contributed by atoms with Crippen molar-refractivity contribution in [2.75, 3.05) is 15.9 Å². The number of benzene rings is 2. The van der Waals surface area contributed by atoms with Gasteiger partial charge in [-0.2, -0.15) is 0 Å². The van der Waals surface area contributed by atoms with Crippen LogP contribution in [0.5, 0.6) is 0 Å². The van der Waals surface area contributed by atoms with Crippen molar-refractivity contribution in [1.82, 2.24) is 4.57 Å². The molecule has 1 atom stereocenters. The average molecular weight is 502 g/mol. The number of amides is 1. The van der Waals surface area contributed by atoms with Crippen molar-refractivity contribution in [3.05, 3.63) is 56.1 Å². The molecule has 1 amide bonds. The number of nitrogens with one attached hydrogen (secondary N) is 1. The number of sulfonamides is 1. The van der Waals surface area contributed by atoms with Crippen LogP contribution in [0.2, 0.25) is 10.0 Å². The van der Waals surface area contributed by atoms with Gasteiger partial charge in [0.2, 0.25) is 15.9 Å². The Labute approximate surface area is 194 Å². The highest BCUT2D eigenvalue weighted by Gasteiger charge is 2.32. The Morgan fingerprint density at radius 3 is 2.45 bits per heavy atom. The number of thiazole rings is 1. The number of aryl methyl sites for hydroxylation is 1. The molecule has 0 aliphatic rings. The van der Waals surface area contributed by atoms with Crippen LogP contribution < -0.4 is 14.5 Å². The van der Waals surface area contributed by atoms with Crippen molar-refractivity contribution in [3.8, 4) is 0 Å². The number of halogens is 2. The minimum atomic E-state index is -3.81. The molecule has 7 nitrogen and oxygen atoms in total. The van der Waals surface area contributed by atoms with Gasteiger partial charge in [-0.15, -0.1) is 0 Å². The molecule has 0 bridgehead atoms. The Bertz CT molecular complexity index is 1300. The van der Waals surface area contributed by atoms with E-state index in [1.165, 1.54) is 18.2 Å². The molecule has 0 unspecified atom stereocenters. The third-order valence-corrected chi connectivity index (χ3v) is 7.60. The van der Waals surface area contributed by atoms with Gasteiger partial charge in [-0.25, -0.2) is 8.42 Å². The number of fused-ring (bicyclic) bond motifs is 1. The van der Waals surface area contributed by atoms with Crippen LogP contribution in [0.3, 0.4) is 0 Å². The maximum atomic E-state index is 13.1. The molecule has 3 aromatic rings. The summed E-state index contributed by atoms with van der Waals surface area (Å²) < 4.78 is 28.6. The predicted molar refractivity (Wildman–Crippen MR) is 128 cm³/mol. The van der Waals surface area contributed by atoms with Crippen molar-refractivity contribution < 1.29 is 13.2 Å². The Morgan fingerprint density at radius 2 is 1.87 bits per heavy atom. The van der Waals surface area contributed by atoms with Crippen LogP contribution in [-0.2, 0) is 21.4 Å². The first kappa shape index (κ1) is 23.6. The van der Waals surface area contributed by atoms with Gasteiger partial charge >= 0.3 is 4.87 Å². The summed E-state index contributed by atoms with van der Waals surface area (Å²) in [6, 6.07) is 8.55. The monoisotopic (exact) mass is 501 g/mol. The lowest BCUT2D eigenvalue weighted by Crippen LogP contribution is -2.47. The number of hydrogen-bond donors (Lipinski definition) is 1. The van der Waals surface area contributed by atoms with Crippen molar-refractivity contribution in [2.24, 2.45) is 0 Å². The third kappa shape index (κ3) is 4.90. The van der Waals surface area contributed by atoms with Gasteiger partial charge in [-0.3, -0.25) is 18.5 Å². The van der Waals surface area contributed by atoms with E-state index in [0.717, 1.165) is 32.1 Å². The van der Waals surface area contributed by atoms with E-state index in [0.29, 0.717) is 12.2 Å². The van der Waals surface area contributed by atoms with Crippen LogP contribution in [0.25, 0.3) is 10.2 Å². The molecule has 0 spiro atoms. The van der Waals surface area contributed by atoms with Gasteiger partial charge in [0.05, 0.1) is 32.2 Å². The molecule has 2 aromatic carbocycles. The second-order valence-corrected chi connectivity index (χ2v) is 10.5. The number of aromatic nitrogens is 1. The average Bonchev–Trinajstić information content (AvgIpc) is 3.01. The molecule has 3 rings (SSSR count). The third-order valence-electron chi connectivity index (χ3n) is 4.74. The molecular weight excluding hydrogens is 481 g/mol. The van der Waals surface area contributed by atoms with Gasteiger partial charge in [0.1, 0.15) is 6.04 Å². The molecule has 0 saturated carbocycles. The Kier molecular flexibility index (Phi) is 7.00.